The van der Waals surface area contributed by atoms with Crippen molar-refractivity contribution < 1.29 is 28.6 Å². The van der Waals surface area contributed by atoms with Gasteiger partial charge in [-0.1, -0.05) is 301 Å². The second-order valence-corrected chi connectivity index (χ2v) is 22.0. The van der Waals surface area contributed by atoms with E-state index >= 15 is 0 Å². The van der Waals surface area contributed by atoms with Gasteiger partial charge in [0, 0.05) is 19.3 Å². The molecule has 0 aromatic carbocycles. The highest BCUT2D eigenvalue weighted by molar-refractivity contribution is 5.71. The van der Waals surface area contributed by atoms with Gasteiger partial charge < -0.3 is 14.2 Å². The molecular formula is C67H124O6. The molecule has 73 heavy (non-hydrogen) atoms. The van der Waals surface area contributed by atoms with E-state index in [1.807, 2.05) is 0 Å². The summed E-state index contributed by atoms with van der Waals surface area (Å²) in [6, 6.07) is 0. The molecule has 1 unspecified atom stereocenters. The number of carbonyl (C=O) groups excluding carboxylic acids is 3. The number of unbranched alkanes of at least 4 members (excludes halogenated alkanes) is 43. The van der Waals surface area contributed by atoms with Crippen LogP contribution in [0.15, 0.2) is 36.5 Å². The first-order valence-electron chi connectivity index (χ1n) is 32.5. The van der Waals surface area contributed by atoms with E-state index in [4.69, 9.17) is 14.2 Å². The number of ether oxygens (including phenoxy) is 3. The maximum atomic E-state index is 12.9. The second kappa shape index (κ2) is 62.2. The van der Waals surface area contributed by atoms with E-state index in [1.54, 1.807) is 0 Å². The predicted molar refractivity (Wildman–Crippen MR) is 316 cm³/mol. The van der Waals surface area contributed by atoms with Gasteiger partial charge in [-0.2, -0.15) is 0 Å². The Hall–Kier alpha value is -2.37. The molecule has 0 heterocycles. The van der Waals surface area contributed by atoms with E-state index in [0.717, 1.165) is 83.5 Å². The third-order valence-corrected chi connectivity index (χ3v) is 14.6. The molecule has 0 N–H and O–H groups in total. The minimum atomic E-state index is -0.780. The third-order valence-electron chi connectivity index (χ3n) is 14.6. The largest absolute Gasteiger partial charge is 0.462 e. The van der Waals surface area contributed by atoms with E-state index in [2.05, 4.69) is 57.2 Å². The number of hydrogen-bond donors (Lipinski definition) is 0. The van der Waals surface area contributed by atoms with Crippen molar-refractivity contribution in [1.82, 2.24) is 0 Å². The lowest BCUT2D eigenvalue weighted by Gasteiger charge is -2.18. The van der Waals surface area contributed by atoms with Crippen LogP contribution in [0.2, 0.25) is 0 Å². The first-order chi connectivity index (χ1) is 36.0. The second-order valence-electron chi connectivity index (χ2n) is 22.0. The van der Waals surface area contributed by atoms with Crippen molar-refractivity contribution in [2.75, 3.05) is 13.2 Å². The summed E-state index contributed by atoms with van der Waals surface area (Å²) in [5, 5.41) is 0. The lowest BCUT2D eigenvalue weighted by Crippen LogP contribution is -2.30. The molecule has 0 rings (SSSR count). The Balaban J connectivity index is 4.22. The SMILES string of the molecule is CCCC/C=C\C/C=C\CCCCCCCC(=O)OCC(COC(=O)CCCCCCCCCCCCCCCCCCCCCCCCCCCC)OC(=O)CCCCCCC/C=C\CCCCCCCC. The monoisotopic (exact) mass is 1020 g/mol. The zero-order chi connectivity index (χ0) is 52.9. The Morgan fingerprint density at radius 1 is 0.274 bits per heavy atom. The summed E-state index contributed by atoms with van der Waals surface area (Å²) in [5.74, 6) is -0.878. The van der Waals surface area contributed by atoms with Crippen LogP contribution in [-0.2, 0) is 28.6 Å². The molecule has 0 aromatic rings. The summed E-state index contributed by atoms with van der Waals surface area (Å²) < 4.78 is 16.9. The molecule has 0 bridgehead atoms. The first kappa shape index (κ1) is 70.6. The molecule has 0 amide bonds. The van der Waals surface area contributed by atoms with Crippen molar-refractivity contribution in [2.45, 2.75) is 361 Å². The molecule has 0 aromatic heterocycles. The zero-order valence-electron chi connectivity index (χ0n) is 49.2. The van der Waals surface area contributed by atoms with E-state index in [-0.39, 0.29) is 31.1 Å². The molecule has 428 valence electrons. The van der Waals surface area contributed by atoms with Crippen LogP contribution in [0.5, 0.6) is 0 Å². The molecular weight excluding hydrogens is 901 g/mol. The van der Waals surface area contributed by atoms with E-state index in [1.165, 1.54) is 231 Å². The van der Waals surface area contributed by atoms with Crippen LogP contribution in [0.1, 0.15) is 355 Å². The molecule has 0 aliphatic rings. The van der Waals surface area contributed by atoms with Gasteiger partial charge in [-0.15, -0.1) is 0 Å². The molecule has 6 nitrogen and oxygen atoms in total. The summed E-state index contributed by atoms with van der Waals surface area (Å²) in [6.07, 6.45) is 75.9. The van der Waals surface area contributed by atoms with Gasteiger partial charge in [-0.25, -0.2) is 0 Å². The summed E-state index contributed by atoms with van der Waals surface area (Å²) in [5.41, 5.74) is 0. The number of hydrogen-bond acceptors (Lipinski definition) is 6. The van der Waals surface area contributed by atoms with Gasteiger partial charge in [0.1, 0.15) is 13.2 Å². The quantitative estimate of drug-likeness (QED) is 0.0261. The van der Waals surface area contributed by atoms with Gasteiger partial charge in [-0.3, -0.25) is 14.4 Å². The van der Waals surface area contributed by atoms with Gasteiger partial charge >= 0.3 is 17.9 Å². The van der Waals surface area contributed by atoms with Gasteiger partial charge in [0.25, 0.3) is 0 Å². The highest BCUT2D eigenvalue weighted by Gasteiger charge is 2.19. The van der Waals surface area contributed by atoms with Gasteiger partial charge in [0.05, 0.1) is 0 Å². The molecule has 0 aliphatic carbocycles. The maximum Gasteiger partial charge on any atom is 0.306 e. The normalized spacial score (nSPS) is 12.2. The highest BCUT2D eigenvalue weighted by Crippen LogP contribution is 2.18. The van der Waals surface area contributed by atoms with E-state index in [9.17, 15) is 14.4 Å². The molecule has 1 atom stereocenters. The summed E-state index contributed by atoms with van der Waals surface area (Å²) in [6.45, 7) is 6.63. The molecule has 0 saturated carbocycles. The third kappa shape index (κ3) is 60.4. The average Bonchev–Trinajstić information content (AvgIpc) is 3.39. The number of carbonyl (C=O) groups is 3. The predicted octanol–water partition coefficient (Wildman–Crippen LogP) is 22.0. The molecule has 6 heteroatoms. The summed E-state index contributed by atoms with van der Waals surface area (Å²) in [7, 11) is 0. The molecule has 0 spiro atoms. The van der Waals surface area contributed by atoms with Crippen LogP contribution in [-0.4, -0.2) is 37.2 Å². The van der Waals surface area contributed by atoms with Crippen LogP contribution >= 0.6 is 0 Å². The standard InChI is InChI=1S/C67H124O6/c1-4-7-10-13-16-19-22-25-28-29-30-31-32-33-34-35-36-37-38-40-42-45-48-51-54-57-60-66(69)72-63-64(62-71-65(68)59-56-53-50-47-44-41-27-24-21-18-15-12-9-6-3)73-67(70)61-58-55-52-49-46-43-39-26-23-20-17-14-11-8-5-2/h15,18,24,26-27,39,64H,4-14,16-17,19-23,25,28-38,40-63H2,1-3H3/b18-15-,27-24-,39-26-. The Kier molecular flexibility index (Phi) is 60.2. The van der Waals surface area contributed by atoms with Gasteiger partial charge in [-0.05, 0) is 70.6 Å². The smallest absolute Gasteiger partial charge is 0.306 e. The average molecular weight is 1030 g/mol. The zero-order valence-corrected chi connectivity index (χ0v) is 49.2. The molecule has 0 aliphatic heterocycles. The first-order valence-corrected chi connectivity index (χ1v) is 32.5. The van der Waals surface area contributed by atoms with Crippen molar-refractivity contribution in [3.05, 3.63) is 36.5 Å². The number of esters is 3. The molecule has 0 radical (unpaired) electrons. The van der Waals surface area contributed by atoms with E-state index in [0.29, 0.717) is 19.3 Å². The van der Waals surface area contributed by atoms with Crippen molar-refractivity contribution in [1.29, 1.82) is 0 Å². The van der Waals surface area contributed by atoms with Crippen molar-refractivity contribution >= 4 is 17.9 Å². The lowest BCUT2D eigenvalue weighted by atomic mass is 10.0. The Bertz CT molecular complexity index is 1220. The Morgan fingerprint density at radius 3 is 0.808 bits per heavy atom. The number of allylic oxidation sites excluding steroid dienone is 6. The van der Waals surface area contributed by atoms with Gasteiger partial charge in [0.15, 0.2) is 6.10 Å². The summed E-state index contributed by atoms with van der Waals surface area (Å²) >= 11 is 0. The minimum absolute atomic E-state index is 0.0761. The van der Waals surface area contributed by atoms with Crippen molar-refractivity contribution in [3.8, 4) is 0 Å². The maximum absolute atomic E-state index is 12.9. The van der Waals surface area contributed by atoms with Gasteiger partial charge in [0.2, 0.25) is 0 Å². The van der Waals surface area contributed by atoms with Crippen molar-refractivity contribution in [3.63, 3.8) is 0 Å². The topological polar surface area (TPSA) is 78.9 Å². The van der Waals surface area contributed by atoms with Crippen molar-refractivity contribution in [2.24, 2.45) is 0 Å². The fraction of sp³-hybridized carbons (Fsp3) is 0.866. The summed E-state index contributed by atoms with van der Waals surface area (Å²) in [4.78, 5) is 38.3. The highest BCUT2D eigenvalue weighted by atomic mass is 16.6. The van der Waals surface area contributed by atoms with Crippen LogP contribution in [0, 0.1) is 0 Å². The Labute approximate surface area is 455 Å². The van der Waals surface area contributed by atoms with E-state index < -0.39 is 6.10 Å². The fourth-order valence-electron chi connectivity index (χ4n) is 9.69. The number of rotatable bonds is 60. The van der Waals surface area contributed by atoms with Crippen LogP contribution in [0.3, 0.4) is 0 Å². The minimum Gasteiger partial charge on any atom is -0.462 e. The van der Waals surface area contributed by atoms with Crippen LogP contribution in [0.4, 0.5) is 0 Å². The van der Waals surface area contributed by atoms with Crippen LogP contribution < -0.4 is 0 Å². The van der Waals surface area contributed by atoms with Crippen LogP contribution in [0.25, 0.3) is 0 Å². The lowest BCUT2D eigenvalue weighted by molar-refractivity contribution is -0.167. The fourth-order valence-corrected chi connectivity index (χ4v) is 9.69. The Morgan fingerprint density at radius 2 is 0.507 bits per heavy atom. The molecule has 0 fully saturated rings. The molecule has 0 saturated heterocycles.